The van der Waals surface area contributed by atoms with Gasteiger partial charge in [-0.25, -0.2) is 23.5 Å². The first-order chi connectivity index (χ1) is 36.1. The molecule has 6 heterocycles. The molecule has 1 amide bonds. The number of amides is 1. The number of nitrogen functional groups attached to an aromatic ring is 1. The standard InChI is InChI=1S/C25H22FN3O3S.C18H18FNO4.C7H6N2S.C2Cl2O2.CH3F.ClH/c1-25(2)31-14-18(32-25)11-15-12-19(26)22(27-13-15)16-7-9-17(10-8-16)23(30)29-24-28-20-5-3-4-6-21(20)33-24;1-18(2)23-10-14(24-18)7-11-8-15(19)16(20-9-11)12-3-5-13(6-4-12)17(21)22;8-7-9-5-3-1-2-4-6(5)10-7;3-1(5)2(4)6;1-2;/h3-10,12-13,18H,11,14H2,1-2H3,(H,28,29,30);3-6,8-9,14H,7,10H2,1-2H3,(H,21,22);1-4H,(H2,8,9);;1H3;1H/t18-;14-;;;;/m11..../s1/i;;;;1D;. The van der Waals surface area contributed by atoms with Gasteiger partial charge in [-0.3, -0.25) is 34.1 Å². The highest BCUT2D eigenvalue weighted by Crippen LogP contribution is 2.30. The zero-order valence-electron chi connectivity index (χ0n) is 41.9. The molecule has 2 atom stereocenters. The number of para-hydroxylation sites is 2. The van der Waals surface area contributed by atoms with Gasteiger partial charge in [-0.2, -0.15) is 0 Å². The van der Waals surface area contributed by atoms with E-state index in [0.717, 1.165) is 31.6 Å². The second-order valence-corrected chi connectivity index (χ2v) is 19.9. The van der Waals surface area contributed by atoms with E-state index in [9.17, 15) is 32.3 Å². The minimum atomic E-state index is -1.14. The molecule has 4 aromatic heterocycles. The van der Waals surface area contributed by atoms with Crippen molar-refractivity contribution in [3.63, 3.8) is 0 Å². The number of carbonyl (C=O) groups excluding carboxylic acids is 3. The molecule has 0 saturated carbocycles. The third-order valence-corrected chi connectivity index (χ3v) is 12.9. The lowest BCUT2D eigenvalue weighted by molar-refractivity contribution is -0.138. The quantitative estimate of drug-likeness (QED) is 0.0858. The Morgan fingerprint density at radius 3 is 1.51 bits per heavy atom. The van der Waals surface area contributed by atoms with Crippen molar-refractivity contribution in [2.75, 3.05) is 31.4 Å². The van der Waals surface area contributed by atoms with Crippen molar-refractivity contribution in [2.24, 2.45) is 0 Å². The van der Waals surface area contributed by atoms with Gasteiger partial charge >= 0.3 is 16.5 Å². The number of alkyl halides is 1. The lowest BCUT2D eigenvalue weighted by Crippen LogP contribution is -2.22. The number of pyridine rings is 2. The number of halogens is 6. The highest BCUT2D eigenvalue weighted by molar-refractivity contribution is 7.22. The largest absolute Gasteiger partial charge is 0.478 e. The molecule has 2 saturated heterocycles. The van der Waals surface area contributed by atoms with E-state index in [2.05, 4.69) is 48.5 Å². The van der Waals surface area contributed by atoms with Gasteiger partial charge in [-0.1, -0.05) is 71.2 Å². The Balaban J connectivity index is 0.000000215. The van der Waals surface area contributed by atoms with E-state index < -0.39 is 46.8 Å². The molecule has 4 N–H and O–H groups in total. The summed E-state index contributed by atoms with van der Waals surface area (Å²) in [6.07, 6.45) is 4.06. The van der Waals surface area contributed by atoms with Crippen LogP contribution in [0.25, 0.3) is 42.9 Å². The second-order valence-electron chi connectivity index (χ2n) is 17.1. The topological polar surface area (TPSA) is 215 Å². The summed E-state index contributed by atoms with van der Waals surface area (Å²) in [5.74, 6) is -3.38. The Labute approximate surface area is 460 Å². The monoisotopic (exact) mass is 1140 g/mol. The summed E-state index contributed by atoms with van der Waals surface area (Å²) in [4.78, 5) is 59.3. The highest BCUT2D eigenvalue weighted by Gasteiger charge is 2.34. The molecule has 4 aromatic carbocycles. The Kier molecular flexibility index (Phi) is 21.3. The van der Waals surface area contributed by atoms with Crippen LogP contribution in [0.1, 0.15) is 60.9 Å². The first-order valence-electron chi connectivity index (χ1n) is 23.2. The van der Waals surface area contributed by atoms with E-state index in [4.69, 9.17) is 31.2 Å². The fraction of sp³-hybridized carbons (Fsp3) is 0.245. The van der Waals surface area contributed by atoms with Crippen LogP contribution in [0, 0.1) is 11.6 Å². The van der Waals surface area contributed by atoms with Crippen LogP contribution in [-0.2, 0) is 41.4 Å². The summed E-state index contributed by atoms with van der Waals surface area (Å²) < 4.78 is 69.4. The number of ether oxygens (including phenoxy) is 4. The van der Waals surface area contributed by atoms with Crippen LogP contribution in [0.15, 0.2) is 122 Å². The van der Waals surface area contributed by atoms with Crippen LogP contribution in [-0.4, -0.2) is 91.6 Å². The summed E-state index contributed by atoms with van der Waals surface area (Å²) in [5.41, 5.74) is 11.0. The van der Waals surface area contributed by atoms with Gasteiger partial charge in [0.05, 0.1) is 59.9 Å². The van der Waals surface area contributed by atoms with E-state index in [1.165, 1.54) is 46.9 Å². The molecule has 23 heteroatoms. The van der Waals surface area contributed by atoms with Crippen molar-refractivity contribution in [2.45, 2.75) is 64.3 Å². The Bertz CT molecular complexity index is 3230. The van der Waals surface area contributed by atoms with E-state index in [-0.39, 0.29) is 47.5 Å². The van der Waals surface area contributed by atoms with Gasteiger partial charge in [0.25, 0.3) is 5.91 Å². The third-order valence-electron chi connectivity index (χ3n) is 10.7. The van der Waals surface area contributed by atoms with Gasteiger partial charge in [-0.15, -0.1) is 12.4 Å². The molecule has 15 nitrogen and oxygen atoms in total. The number of fused-ring (bicyclic) bond motifs is 2. The number of hydrogen-bond donors (Lipinski definition) is 3. The molecule has 0 aliphatic carbocycles. The van der Waals surface area contributed by atoms with E-state index in [0.29, 0.717) is 53.0 Å². The van der Waals surface area contributed by atoms with Crippen molar-refractivity contribution in [1.29, 1.82) is 0 Å². The van der Waals surface area contributed by atoms with Gasteiger partial charge < -0.3 is 29.8 Å². The van der Waals surface area contributed by atoms with Gasteiger partial charge in [0.1, 0.15) is 23.0 Å². The van der Waals surface area contributed by atoms with Crippen molar-refractivity contribution < 1.29 is 57.8 Å². The first-order valence-corrected chi connectivity index (χ1v) is 24.9. The molecular weight excluding hydrogens is 1090 g/mol. The van der Waals surface area contributed by atoms with Crippen LogP contribution in [0.2, 0.25) is 0 Å². The normalized spacial score (nSPS) is 15.9. The number of carboxylic acid groups (broad SMARTS) is 1. The fourth-order valence-corrected chi connectivity index (χ4v) is 8.99. The number of aromatic carboxylic acids is 1. The second kappa shape index (κ2) is 27.5. The van der Waals surface area contributed by atoms with Crippen molar-refractivity contribution in [3.8, 4) is 22.5 Å². The number of anilines is 2. The molecule has 2 aliphatic rings. The maximum atomic E-state index is 14.8. The molecular formula is C53H50Cl3F3N6O9S2. The molecule has 0 bridgehead atoms. The zero-order valence-corrected chi connectivity index (χ0v) is 44.9. The molecule has 2 fully saturated rings. The number of nitrogens with zero attached hydrogens (tertiary/aromatic N) is 4. The predicted octanol–water partition coefficient (Wildman–Crippen LogP) is 12.1. The zero-order chi connectivity index (χ0) is 55.2. The van der Waals surface area contributed by atoms with Crippen LogP contribution in [0.3, 0.4) is 0 Å². The van der Waals surface area contributed by atoms with Crippen molar-refractivity contribution in [3.05, 3.63) is 155 Å². The smallest absolute Gasteiger partial charge is 0.335 e. The average Bonchev–Trinajstić information content (AvgIpc) is 4.16. The number of carboxylic acids is 1. The molecule has 76 heavy (non-hydrogen) atoms. The number of rotatable bonds is 10. The minimum absolute atomic E-state index is 0. The van der Waals surface area contributed by atoms with Crippen molar-refractivity contribution >= 4 is 111 Å². The van der Waals surface area contributed by atoms with Gasteiger partial charge in [0.2, 0.25) is 0 Å². The summed E-state index contributed by atoms with van der Waals surface area (Å²) in [5, 5.41) is 10.6. The maximum absolute atomic E-state index is 14.8. The number of benzene rings is 4. The Morgan fingerprint density at radius 1 is 0.711 bits per heavy atom. The van der Waals surface area contributed by atoms with Crippen molar-refractivity contribution in [1.82, 2.24) is 19.9 Å². The SMILES string of the molecule is CC1(C)OC[C@@H](Cc2cnc(-c3ccc(C(=O)Nc4nc5ccccc5s4)cc3)c(F)c2)O1.CC1(C)OC[C@@H](Cc2cnc(-c3ccc(C(=O)O)cc3)c(F)c2)O1.Cl.Nc1nc2ccccc2s1.O=C(Cl)C(=O)Cl.[2H]CF. The number of carbonyl (C=O) groups is 4. The number of hydrogen-bond acceptors (Lipinski definition) is 15. The predicted molar refractivity (Wildman–Crippen MR) is 291 cm³/mol. The van der Waals surface area contributed by atoms with Crippen LogP contribution in [0.4, 0.5) is 23.4 Å². The molecule has 0 spiro atoms. The molecule has 0 radical (unpaired) electrons. The van der Waals surface area contributed by atoms with E-state index in [1.807, 2.05) is 76.2 Å². The van der Waals surface area contributed by atoms with Gasteiger partial charge in [0, 0.05) is 41.9 Å². The number of nitrogens with one attached hydrogen (secondary N) is 1. The highest BCUT2D eigenvalue weighted by atomic mass is 35.5. The number of nitrogens with two attached hydrogens (primary N) is 1. The first kappa shape index (κ1) is 58.8. The lowest BCUT2D eigenvalue weighted by atomic mass is 10.1. The third kappa shape index (κ3) is 17.3. The summed E-state index contributed by atoms with van der Waals surface area (Å²) >= 11 is 11.9. The maximum Gasteiger partial charge on any atom is 0.335 e. The van der Waals surface area contributed by atoms with Gasteiger partial charge in [0.15, 0.2) is 21.8 Å². The number of aromatic nitrogens is 4. The van der Waals surface area contributed by atoms with Gasteiger partial charge in [-0.05, 0) is 123 Å². The van der Waals surface area contributed by atoms with E-state index >= 15 is 0 Å². The molecule has 400 valence electrons. The van der Waals surface area contributed by atoms with E-state index in [1.54, 1.807) is 48.8 Å². The van der Waals surface area contributed by atoms with Crippen LogP contribution in [0.5, 0.6) is 0 Å². The van der Waals surface area contributed by atoms with Crippen LogP contribution >= 0.6 is 58.3 Å². The summed E-state index contributed by atoms with van der Waals surface area (Å²) in [6, 6.07) is 31.2. The Morgan fingerprint density at radius 2 is 1.13 bits per heavy atom. The molecule has 2 aliphatic heterocycles. The summed E-state index contributed by atoms with van der Waals surface area (Å²) in [6.45, 7) is 8.34. The van der Waals surface area contributed by atoms with Crippen LogP contribution < -0.4 is 11.1 Å². The molecule has 8 aromatic rings. The number of thiazole rings is 2. The fourth-order valence-electron chi connectivity index (χ4n) is 7.39. The lowest BCUT2D eigenvalue weighted by Gasteiger charge is -2.17. The Hall–Kier alpha value is -6.46. The molecule has 0 unspecified atom stereocenters. The summed E-state index contributed by atoms with van der Waals surface area (Å²) in [7, 11) is -1.00. The minimum Gasteiger partial charge on any atom is -0.478 e. The molecule has 10 rings (SSSR count). The average molecular weight is 1140 g/mol.